The van der Waals surface area contributed by atoms with Crippen LogP contribution in [0.15, 0.2) is 36.4 Å². The second-order valence-corrected chi connectivity index (χ2v) is 8.98. The fourth-order valence-corrected chi connectivity index (χ4v) is 4.49. The van der Waals surface area contributed by atoms with E-state index in [2.05, 4.69) is 14.8 Å². The minimum atomic E-state index is -3.38. The number of benzene rings is 2. The molecule has 164 valence electrons. The number of esters is 2. The molecule has 31 heavy (non-hydrogen) atoms. The number of ether oxygens (including phenoxy) is 2. The second kappa shape index (κ2) is 8.76. The first kappa shape index (κ1) is 22.3. The van der Waals surface area contributed by atoms with Crippen molar-refractivity contribution in [3.63, 3.8) is 0 Å². The highest BCUT2D eigenvalue weighted by Gasteiger charge is 2.28. The number of sulfonamides is 1. The lowest BCUT2D eigenvalue weighted by molar-refractivity contribution is 0.0598. The van der Waals surface area contributed by atoms with Crippen LogP contribution in [0.4, 0.5) is 11.4 Å². The van der Waals surface area contributed by atoms with Gasteiger partial charge in [-0.2, -0.15) is 0 Å². The Morgan fingerprint density at radius 2 is 1.58 bits per heavy atom. The summed E-state index contributed by atoms with van der Waals surface area (Å²) in [7, 11) is -0.966. The van der Waals surface area contributed by atoms with Crippen LogP contribution < -0.4 is 9.62 Å². The molecule has 0 fully saturated rings. The normalized spacial score (nSPS) is 12.8. The molecule has 0 bridgehead atoms. The molecular formula is C21H22N2O7S. The maximum absolute atomic E-state index is 12.8. The van der Waals surface area contributed by atoms with Crippen molar-refractivity contribution in [2.24, 2.45) is 0 Å². The number of carbonyl (C=O) groups is 3. The summed E-state index contributed by atoms with van der Waals surface area (Å²) in [5.41, 5.74) is 2.01. The Kier molecular flexibility index (Phi) is 6.30. The van der Waals surface area contributed by atoms with Gasteiger partial charge >= 0.3 is 11.9 Å². The van der Waals surface area contributed by atoms with Crippen molar-refractivity contribution < 1.29 is 32.3 Å². The highest BCUT2D eigenvalue weighted by molar-refractivity contribution is 7.92. The van der Waals surface area contributed by atoms with E-state index < -0.39 is 27.9 Å². The predicted octanol–water partition coefficient (Wildman–Crippen LogP) is 2.22. The van der Waals surface area contributed by atoms with Crippen LogP contribution in [0.25, 0.3) is 0 Å². The standard InChI is InChI=1S/C21H22N2O7S/c1-4-31(27,28)23-8-7-13-9-14(5-6-18(13)23)19(24)22-17-11-15(20(25)29-2)10-16(12-17)21(26)30-3/h5-6,9-12H,4,7-8H2,1-3H3,(H,22,24). The van der Waals surface area contributed by atoms with Crippen LogP contribution in [-0.2, 0) is 25.9 Å². The van der Waals surface area contributed by atoms with Gasteiger partial charge in [-0.25, -0.2) is 18.0 Å². The molecule has 10 heteroatoms. The van der Waals surface area contributed by atoms with Crippen LogP contribution in [0.2, 0.25) is 0 Å². The Labute approximate surface area is 180 Å². The lowest BCUT2D eigenvalue weighted by Gasteiger charge is -2.18. The van der Waals surface area contributed by atoms with Gasteiger partial charge in [-0.1, -0.05) is 0 Å². The number of nitrogens with one attached hydrogen (secondary N) is 1. The molecule has 0 radical (unpaired) electrons. The highest BCUT2D eigenvalue weighted by atomic mass is 32.2. The smallest absolute Gasteiger partial charge is 0.337 e. The van der Waals surface area contributed by atoms with Crippen LogP contribution in [0.3, 0.4) is 0 Å². The van der Waals surface area contributed by atoms with Crippen molar-refractivity contribution in [1.82, 2.24) is 0 Å². The van der Waals surface area contributed by atoms with E-state index in [0.29, 0.717) is 24.2 Å². The average molecular weight is 446 g/mol. The third-order valence-electron chi connectivity index (χ3n) is 4.93. The number of hydrogen-bond donors (Lipinski definition) is 1. The molecule has 0 atom stereocenters. The van der Waals surface area contributed by atoms with E-state index in [9.17, 15) is 22.8 Å². The lowest BCUT2D eigenvalue weighted by Crippen LogP contribution is -2.30. The average Bonchev–Trinajstić information content (AvgIpc) is 3.21. The summed E-state index contributed by atoms with van der Waals surface area (Å²) in [5.74, 6) is -1.82. The zero-order valence-electron chi connectivity index (χ0n) is 17.3. The van der Waals surface area contributed by atoms with E-state index in [4.69, 9.17) is 0 Å². The Balaban J connectivity index is 1.89. The molecule has 0 unspecified atom stereocenters. The van der Waals surface area contributed by atoms with Gasteiger partial charge in [0.1, 0.15) is 0 Å². The third-order valence-corrected chi connectivity index (χ3v) is 6.71. The summed E-state index contributed by atoms with van der Waals surface area (Å²) in [4.78, 5) is 36.6. The zero-order valence-corrected chi connectivity index (χ0v) is 18.1. The van der Waals surface area contributed by atoms with E-state index >= 15 is 0 Å². The van der Waals surface area contributed by atoms with Crippen LogP contribution in [0.5, 0.6) is 0 Å². The van der Waals surface area contributed by atoms with Crippen molar-refractivity contribution in [3.8, 4) is 0 Å². The molecule has 3 rings (SSSR count). The van der Waals surface area contributed by atoms with E-state index in [1.807, 2.05) is 0 Å². The monoisotopic (exact) mass is 446 g/mol. The molecule has 0 aliphatic carbocycles. The van der Waals surface area contributed by atoms with Gasteiger partial charge in [0.25, 0.3) is 5.91 Å². The Bertz CT molecular complexity index is 1120. The fourth-order valence-electron chi connectivity index (χ4n) is 3.33. The first-order valence-electron chi connectivity index (χ1n) is 9.46. The fraction of sp³-hybridized carbons (Fsp3) is 0.286. The number of nitrogens with zero attached hydrogens (tertiary/aromatic N) is 1. The number of fused-ring (bicyclic) bond motifs is 1. The van der Waals surface area contributed by atoms with Crippen molar-refractivity contribution in [2.75, 3.05) is 36.1 Å². The number of rotatable bonds is 6. The molecule has 0 aromatic heterocycles. The van der Waals surface area contributed by atoms with Crippen molar-refractivity contribution in [1.29, 1.82) is 0 Å². The van der Waals surface area contributed by atoms with Gasteiger partial charge < -0.3 is 14.8 Å². The molecule has 2 aromatic rings. The summed E-state index contributed by atoms with van der Waals surface area (Å²) in [6.07, 6.45) is 0.500. The Hall–Kier alpha value is -3.40. The third kappa shape index (κ3) is 4.53. The molecule has 2 aromatic carbocycles. The number of amides is 1. The van der Waals surface area contributed by atoms with E-state index in [1.54, 1.807) is 19.1 Å². The Morgan fingerprint density at radius 3 is 2.13 bits per heavy atom. The van der Waals surface area contributed by atoms with Gasteiger partial charge in [-0.3, -0.25) is 9.10 Å². The molecule has 1 N–H and O–H groups in total. The predicted molar refractivity (Wildman–Crippen MR) is 114 cm³/mol. The van der Waals surface area contributed by atoms with Crippen LogP contribution >= 0.6 is 0 Å². The minimum absolute atomic E-state index is 0.00621. The van der Waals surface area contributed by atoms with Gasteiger partial charge in [0.2, 0.25) is 10.0 Å². The summed E-state index contributed by atoms with van der Waals surface area (Å²) >= 11 is 0. The SMILES string of the molecule is CCS(=O)(=O)N1CCc2cc(C(=O)Nc3cc(C(=O)OC)cc(C(=O)OC)c3)ccc21. The second-order valence-electron chi connectivity index (χ2n) is 6.80. The van der Waals surface area contributed by atoms with Crippen LogP contribution in [-0.4, -0.2) is 52.8 Å². The van der Waals surface area contributed by atoms with E-state index in [0.717, 1.165) is 5.56 Å². The van der Waals surface area contributed by atoms with Crippen molar-refractivity contribution >= 4 is 39.2 Å². The molecule has 0 spiro atoms. The molecule has 1 aliphatic heterocycles. The minimum Gasteiger partial charge on any atom is -0.465 e. The topological polar surface area (TPSA) is 119 Å². The first-order chi connectivity index (χ1) is 14.7. The summed E-state index contributed by atoms with van der Waals surface area (Å²) in [6.45, 7) is 1.92. The van der Waals surface area contributed by atoms with Gasteiger partial charge in [0, 0.05) is 17.8 Å². The van der Waals surface area contributed by atoms with Gasteiger partial charge in [0.15, 0.2) is 0 Å². The summed E-state index contributed by atoms with van der Waals surface area (Å²) < 4.78 is 35.2. The van der Waals surface area contributed by atoms with Crippen LogP contribution in [0.1, 0.15) is 43.6 Å². The molecule has 0 saturated carbocycles. The molecule has 1 heterocycles. The van der Waals surface area contributed by atoms with Crippen LogP contribution in [0, 0.1) is 0 Å². The molecule has 1 amide bonds. The number of carbonyl (C=O) groups excluding carboxylic acids is 3. The number of hydrogen-bond acceptors (Lipinski definition) is 7. The lowest BCUT2D eigenvalue weighted by atomic mass is 10.1. The molecule has 1 aliphatic rings. The molecule has 9 nitrogen and oxygen atoms in total. The highest BCUT2D eigenvalue weighted by Crippen LogP contribution is 2.31. The molecule has 0 saturated heterocycles. The quantitative estimate of drug-likeness (QED) is 0.676. The van der Waals surface area contributed by atoms with E-state index in [-0.39, 0.29) is 22.6 Å². The maximum Gasteiger partial charge on any atom is 0.337 e. The largest absolute Gasteiger partial charge is 0.465 e. The van der Waals surface area contributed by atoms with Gasteiger partial charge in [0.05, 0.1) is 36.8 Å². The van der Waals surface area contributed by atoms with E-state index in [1.165, 1.54) is 42.8 Å². The van der Waals surface area contributed by atoms with Crippen molar-refractivity contribution in [3.05, 3.63) is 58.7 Å². The van der Waals surface area contributed by atoms with Gasteiger partial charge in [-0.15, -0.1) is 0 Å². The number of anilines is 2. The zero-order chi connectivity index (χ0) is 22.8. The molecular weight excluding hydrogens is 424 g/mol. The Morgan fingerprint density at radius 1 is 0.968 bits per heavy atom. The number of methoxy groups -OCH3 is 2. The summed E-state index contributed by atoms with van der Waals surface area (Å²) in [6, 6.07) is 8.86. The van der Waals surface area contributed by atoms with Gasteiger partial charge in [-0.05, 0) is 55.3 Å². The summed E-state index contributed by atoms with van der Waals surface area (Å²) in [5, 5.41) is 2.65. The first-order valence-corrected chi connectivity index (χ1v) is 11.1. The maximum atomic E-state index is 12.8. The van der Waals surface area contributed by atoms with Crippen molar-refractivity contribution in [2.45, 2.75) is 13.3 Å².